The molecular weight excluding hydrogens is 272 g/mol. The minimum absolute atomic E-state index is 0.130. The van der Waals surface area contributed by atoms with Crippen molar-refractivity contribution in [2.75, 3.05) is 6.61 Å². The van der Waals surface area contributed by atoms with Crippen LogP contribution in [0.5, 0.6) is 5.75 Å². The van der Waals surface area contributed by atoms with Gasteiger partial charge >= 0.3 is 0 Å². The molecule has 2 nitrogen and oxygen atoms in total. The quantitative estimate of drug-likeness (QED) is 0.731. The standard InChI is InChI=1S/C17H27F2NO/c1-4-6-7-13(5-2)11-21-17-15(18)9-14(8-12(3)20)10-16(17)19/h9-10,12-13H,4-8,11,20H2,1-3H3. The third kappa shape index (κ3) is 6.00. The van der Waals surface area contributed by atoms with Gasteiger partial charge in [-0.15, -0.1) is 0 Å². The molecule has 0 aliphatic carbocycles. The van der Waals surface area contributed by atoms with Crippen molar-refractivity contribution < 1.29 is 13.5 Å². The van der Waals surface area contributed by atoms with E-state index in [0.717, 1.165) is 25.7 Å². The Kier molecular flexibility index (Phi) is 7.65. The maximum absolute atomic E-state index is 14.0. The summed E-state index contributed by atoms with van der Waals surface area (Å²) in [5, 5.41) is 0. The fourth-order valence-corrected chi connectivity index (χ4v) is 2.34. The Morgan fingerprint density at radius 2 is 1.81 bits per heavy atom. The molecule has 0 fully saturated rings. The molecule has 0 saturated heterocycles. The lowest BCUT2D eigenvalue weighted by atomic mass is 10.0. The molecule has 1 aromatic carbocycles. The van der Waals surface area contributed by atoms with Gasteiger partial charge in [-0.3, -0.25) is 0 Å². The van der Waals surface area contributed by atoms with Crippen LogP contribution in [0.25, 0.3) is 0 Å². The molecule has 0 bridgehead atoms. The summed E-state index contributed by atoms with van der Waals surface area (Å²) in [7, 11) is 0. The summed E-state index contributed by atoms with van der Waals surface area (Å²) in [6, 6.07) is 2.50. The van der Waals surface area contributed by atoms with Gasteiger partial charge in [0.05, 0.1) is 6.61 Å². The van der Waals surface area contributed by atoms with Gasteiger partial charge in [0.15, 0.2) is 17.4 Å². The smallest absolute Gasteiger partial charge is 0.190 e. The van der Waals surface area contributed by atoms with Crippen molar-refractivity contribution in [1.82, 2.24) is 0 Å². The summed E-state index contributed by atoms with van der Waals surface area (Å²) >= 11 is 0. The number of hydrogen-bond donors (Lipinski definition) is 1. The van der Waals surface area contributed by atoms with Crippen LogP contribution in [0.3, 0.4) is 0 Å². The van der Waals surface area contributed by atoms with Gasteiger partial charge in [0, 0.05) is 6.04 Å². The second-order valence-electron chi connectivity index (χ2n) is 5.80. The van der Waals surface area contributed by atoms with Crippen LogP contribution in [-0.2, 0) is 6.42 Å². The Morgan fingerprint density at radius 1 is 1.19 bits per heavy atom. The highest BCUT2D eigenvalue weighted by atomic mass is 19.1. The van der Waals surface area contributed by atoms with E-state index >= 15 is 0 Å². The molecule has 1 aromatic rings. The highest BCUT2D eigenvalue weighted by Crippen LogP contribution is 2.25. The SMILES string of the molecule is CCCCC(CC)COc1c(F)cc(CC(C)N)cc1F. The van der Waals surface area contributed by atoms with E-state index in [1.54, 1.807) is 6.92 Å². The molecule has 1 rings (SSSR count). The molecule has 2 N–H and O–H groups in total. The lowest BCUT2D eigenvalue weighted by Crippen LogP contribution is -2.18. The average Bonchev–Trinajstić information content (AvgIpc) is 2.40. The molecule has 21 heavy (non-hydrogen) atoms. The highest BCUT2D eigenvalue weighted by Gasteiger charge is 2.15. The van der Waals surface area contributed by atoms with Crippen molar-refractivity contribution in [1.29, 1.82) is 0 Å². The monoisotopic (exact) mass is 299 g/mol. The maximum atomic E-state index is 14.0. The molecule has 2 atom stereocenters. The lowest BCUT2D eigenvalue weighted by molar-refractivity contribution is 0.215. The summed E-state index contributed by atoms with van der Waals surface area (Å²) in [4.78, 5) is 0. The molecule has 4 heteroatoms. The maximum Gasteiger partial charge on any atom is 0.190 e. The predicted molar refractivity (Wildman–Crippen MR) is 82.5 cm³/mol. The normalized spacial score (nSPS) is 14.0. The van der Waals surface area contributed by atoms with E-state index < -0.39 is 11.6 Å². The fourth-order valence-electron chi connectivity index (χ4n) is 2.34. The Bertz CT molecular complexity index is 412. The topological polar surface area (TPSA) is 35.2 Å². The molecule has 0 aliphatic rings. The zero-order chi connectivity index (χ0) is 15.8. The zero-order valence-electron chi connectivity index (χ0n) is 13.3. The molecule has 0 spiro atoms. The predicted octanol–water partition coefficient (Wildman–Crippen LogP) is 4.45. The number of rotatable bonds is 9. The number of nitrogens with two attached hydrogens (primary N) is 1. The van der Waals surface area contributed by atoms with Gasteiger partial charge in [-0.1, -0.05) is 33.1 Å². The molecule has 2 unspecified atom stereocenters. The molecule has 0 heterocycles. The number of benzene rings is 1. The summed E-state index contributed by atoms with van der Waals surface area (Å²) < 4.78 is 33.3. The zero-order valence-corrected chi connectivity index (χ0v) is 13.3. The summed E-state index contributed by atoms with van der Waals surface area (Å²) in [5.41, 5.74) is 6.21. The first-order valence-corrected chi connectivity index (χ1v) is 7.84. The highest BCUT2D eigenvalue weighted by molar-refractivity contribution is 5.31. The summed E-state index contributed by atoms with van der Waals surface area (Å²) in [6.07, 6.45) is 4.65. The van der Waals surface area contributed by atoms with Gasteiger partial charge in [0.2, 0.25) is 0 Å². The molecular formula is C17H27F2NO. The first-order valence-electron chi connectivity index (χ1n) is 7.84. The number of ether oxygens (including phenoxy) is 1. The third-order valence-electron chi connectivity index (χ3n) is 3.62. The molecule has 0 saturated carbocycles. The minimum atomic E-state index is -0.643. The second kappa shape index (κ2) is 8.98. The Hall–Kier alpha value is -1.16. The lowest BCUT2D eigenvalue weighted by Gasteiger charge is -2.17. The van der Waals surface area contributed by atoms with Crippen LogP contribution in [0.4, 0.5) is 8.78 Å². The van der Waals surface area contributed by atoms with Gasteiger partial charge in [0.25, 0.3) is 0 Å². The van der Waals surface area contributed by atoms with E-state index in [4.69, 9.17) is 10.5 Å². The van der Waals surface area contributed by atoms with Gasteiger partial charge in [-0.05, 0) is 43.4 Å². The molecule has 0 aliphatic heterocycles. The average molecular weight is 299 g/mol. The van der Waals surface area contributed by atoms with Gasteiger partial charge in [-0.2, -0.15) is 0 Å². The summed E-state index contributed by atoms with van der Waals surface area (Å²) in [6.45, 7) is 6.36. The summed E-state index contributed by atoms with van der Waals surface area (Å²) in [5.74, 6) is -1.21. The molecule has 0 amide bonds. The molecule has 0 aromatic heterocycles. The molecule has 120 valence electrons. The van der Waals surface area contributed by atoms with Gasteiger partial charge < -0.3 is 10.5 Å². The van der Waals surface area contributed by atoms with Crippen LogP contribution in [0.1, 0.15) is 52.0 Å². The third-order valence-corrected chi connectivity index (χ3v) is 3.62. The largest absolute Gasteiger partial charge is 0.487 e. The van der Waals surface area contributed by atoms with E-state index in [1.807, 2.05) is 0 Å². The first kappa shape index (κ1) is 17.9. The van der Waals surface area contributed by atoms with Gasteiger partial charge in [-0.25, -0.2) is 8.78 Å². The van der Waals surface area contributed by atoms with Crippen molar-refractivity contribution in [3.8, 4) is 5.75 Å². The molecule has 0 radical (unpaired) electrons. The van der Waals surface area contributed by atoms with E-state index in [0.29, 0.717) is 24.5 Å². The van der Waals surface area contributed by atoms with Crippen molar-refractivity contribution in [3.63, 3.8) is 0 Å². The van der Waals surface area contributed by atoms with E-state index in [-0.39, 0.29) is 11.8 Å². The minimum Gasteiger partial charge on any atom is -0.487 e. The number of halogens is 2. The van der Waals surface area contributed by atoms with Crippen LogP contribution in [0, 0.1) is 17.6 Å². The first-order chi connectivity index (χ1) is 9.97. The Morgan fingerprint density at radius 3 is 2.29 bits per heavy atom. The van der Waals surface area contributed by atoms with E-state index in [2.05, 4.69) is 13.8 Å². The van der Waals surface area contributed by atoms with Crippen molar-refractivity contribution in [2.24, 2.45) is 11.7 Å². The van der Waals surface area contributed by atoms with Crippen molar-refractivity contribution >= 4 is 0 Å². The van der Waals surface area contributed by atoms with Crippen LogP contribution in [0.2, 0.25) is 0 Å². The van der Waals surface area contributed by atoms with Crippen LogP contribution in [-0.4, -0.2) is 12.6 Å². The van der Waals surface area contributed by atoms with E-state index in [9.17, 15) is 8.78 Å². The van der Waals surface area contributed by atoms with Gasteiger partial charge in [0.1, 0.15) is 0 Å². The fraction of sp³-hybridized carbons (Fsp3) is 0.647. The Balaban J connectivity index is 2.70. The number of unbranched alkanes of at least 4 members (excludes halogenated alkanes) is 1. The van der Waals surface area contributed by atoms with Crippen molar-refractivity contribution in [3.05, 3.63) is 29.3 Å². The van der Waals surface area contributed by atoms with Crippen LogP contribution in [0.15, 0.2) is 12.1 Å². The van der Waals surface area contributed by atoms with Crippen LogP contribution >= 0.6 is 0 Å². The van der Waals surface area contributed by atoms with E-state index in [1.165, 1.54) is 12.1 Å². The number of hydrogen-bond acceptors (Lipinski definition) is 2. The van der Waals surface area contributed by atoms with Crippen LogP contribution < -0.4 is 10.5 Å². The second-order valence-corrected chi connectivity index (χ2v) is 5.80. The Labute approximate surface area is 126 Å². The van der Waals surface area contributed by atoms with Crippen molar-refractivity contribution in [2.45, 2.75) is 58.9 Å².